The summed E-state index contributed by atoms with van der Waals surface area (Å²) in [7, 11) is 1.90. The van der Waals surface area contributed by atoms with E-state index in [0.717, 1.165) is 13.1 Å². The van der Waals surface area contributed by atoms with Gasteiger partial charge in [0, 0.05) is 13.1 Å². The fraction of sp³-hybridized carbons (Fsp3) is 1.00. The van der Waals surface area contributed by atoms with Crippen LogP contribution in [-0.4, -0.2) is 44.8 Å². The average molecular weight is 129 g/mol. The van der Waals surface area contributed by atoms with Crippen molar-refractivity contribution in [2.45, 2.75) is 5.50 Å². The Morgan fingerprint density at radius 2 is 2.56 bits per heavy atom. The zero-order chi connectivity index (χ0) is 6.74. The molecule has 4 heteroatoms. The van der Waals surface area contributed by atoms with Gasteiger partial charge in [-0.2, -0.15) is 0 Å². The van der Waals surface area contributed by atoms with Gasteiger partial charge in [-0.1, -0.05) is 0 Å². The lowest BCUT2D eigenvalue weighted by Gasteiger charge is -2.32. The van der Waals surface area contributed by atoms with Crippen molar-refractivity contribution >= 4 is 7.85 Å². The molecule has 1 fully saturated rings. The first-order valence-electron chi connectivity index (χ1n) is 3.22. The molecule has 1 aliphatic rings. The van der Waals surface area contributed by atoms with E-state index in [0.29, 0.717) is 6.61 Å². The minimum Gasteiger partial charge on any atom is -0.394 e. The van der Waals surface area contributed by atoms with Crippen LogP contribution in [0.5, 0.6) is 0 Å². The molecule has 0 amide bonds. The molecule has 1 heterocycles. The smallest absolute Gasteiger partial charge is 0.148 e. The van der Waals surface area contributed by atoms with Crippen LogP contribution < -0.4 is 5.32 Å². The quantitative estimate of drug-likeness (QED) is 0.399. The van der Waals surface area contributed by atoms with E-state index < -0.39 is 0 Å². The Morgan fingerprint density at radius 3 is 2.89 bits per heavy atom. The van der Waals surface area contributed by atoms with Gasteiger partial charge < -0.3 is 15.2 Å². The molecule has 2 N–H and O–H groups in total. The second-order valence-corrected chi connectivity index (χ2v) is 2.63. The van der Waals surface area contributed by atoms with Gasteiger partial charge in [0.15, 0.2) is 0 Å². The predicted octanol–water partition coefficient (Wildman–Crippen LogP) is -2.07. The highest BCUT2D eigenvalue weighted by molar-refractivity contribution is 6.14. The van der Waals surface area contributed by atoms with Crippen LogP contribution in [0.15, 0.2) is 0 Å². The van der Waals surface area contributed by atoms with Gasteiger partial charge in [0.1, 0.15) is 7.85 Å². The summed E-state index contributed by atoms with van der Waals surface area (Å²) in [6.45, 7) is 2.45. The standard InChI is InChI=1S/C5H12BNO2/c6-5(4-8)3-7-1-2-9-5/h7-8H,1-4,6H2/t5-/m1/s1. The van der Waals surface area contributed by atoms with Gasteiger partial charge in [-0.3, -0.25) is 0 Å². The Kier molecular flexibility index (Phi) is 2.11. The lowest BCUT2D eigenvalue weighted by molar-refractivity contribution is -0.0383. The maximum Gasteiger partial charge on any atom is 0.148 e. The van der Waals surface area contributed by atoms with E-state index in [2.05, 4.69) is 5.32 Å². The molecule has 0 aromatic rings. The van der Waals surface area contributed by atoms with E-state index in [1.165, 1.54) is 0 Å². The van der Waals surface area contributed by atoms with Gasteiger partial charge in [0.05, 0.1) is 18.7 Å². The van der Waals surface area contributed by atoms with E-state index >= 15 is 0 Å². The van der Waals surface area contributed by atoms with Gasteiger partial charge in [0.25, 0.3) is 0 Å². The van der Waals surface area contributed by atoms with E-state index in [4.69, 9.17) is 9.84 Å². The minimum absolute atomic E-state index is 0.0972. The highest BCUT2D eigenvalue weighted by Gasteiger charge is 2.25. The number of aliphatic hydroxyl groups excluding tert-OH is 1. The van der Waals surface area contributed by atoms with Gasteiger partial charge in [-0.05, 0) is 0 Å². The first-order valence-corrected chi connectivity index (χ1v) is 3.22. The van der Waals surface area contributed by atoms with Gasteiger partial charge >= 0.3 is 0 Å². The average Bonchev–Trinajstić information content (AvgIpc) is 1.90. The summed E-state index contributed by atoms with van der Waals surface area (Å²) in [5, 5.41) is 11.9. The first kappa shape index (κ1) is 7.06. The topological polar surface area (TPSA) is 41.5 Å². The summed E-state index contributed by atoms with van der Waals surface area (Å²) < 4.78 is 5.30. The van der Waals surface area contributed by atoms with Crippen LogP contribution in [0.3, 0.4) is 0 Å². The van der Waals surface area contributed by atoms with Gasteiger partial charge in [0.2, 0.25) is 0 Å². The largest absolute Gasteiger partial charge is 0.394 e. The summed E-state index contributed by atoms with van der Waals surface area (Å²) in [5.41, 5.74) is -0.335. The molecule has 0 aromatic heterocycles. The molecule has 1 atom stereocenters. The van der Waals surface area contributed by atoms with Crippen LogP contribution in [0.25, 0.3) is 0 Å². The fourth-order valence-corrected chi connectivity index (χ4v) is 0.875. The zero-order valence-corrected chi connectivity index (χ0v) is 5.68. The molecule has 0 radical (unpaired) electrons. The summed E-state index contributed by atoms with van der Waals surface area (Å²) in [6, 6.07) is 0. The Balaban J connectivity index is 2.37. The number of rotatable bonds is 1. The molecule has 9 heavy (non-hydrogen) atoms. The van der Waals surface area contributed by atoms with Crippen molar-refractivity contribution in [1.29, 1.82) is 0 Å². The van der Waals surface area contributed by atoms with E-state index in [-0.39, 0.29) is 12.1 Å². The second kappa shape index (κ2) is 2.69. The second-order valence-electron chi connectivity index (χ2n) is 2.63. The monoisotopic (exact) mass is 129 g/mol. The van der Waals surface area contributed by atoms with E-state index in [1.807, 2.05) is 7.85 Å². The van der Waals surface area contributed by atoms with Crippen molar-refractivity contribution in [1.82, 2.24) is 5.32 Å². The molecule has 1 saturated heterocycles. The van der Waals surface area contributed by atoms with Crippen LogP contribution in [0, 0.1) is 0 Å². The third-order valence-corrected chi connectivity index (χ3v) is 1.56. The Bertz CT molecular complexity index is 93.0. The maximum absolute atomic E-state index is 8.79. The highest BCUT2D eigenvalue weighted by atomic mass is 16.5. The molecule has 0 aliphatic carbocycles. The molecule has 1 aliphatic heterocycles. The van der Waals surface area contributed by atoms with Crippen molar-refractivity contribution in [3.63, 3.8) is 0 Å². The van der Waals surface area contributed by atoms with Crippen LogP contribution in [0.2, 0.25) is 0 Å². The maximum atomic E-state index is 8.79. The zero-order valence-electron chi connectivity index (χ0n) is 5.68. The molecule has 0 saturated carbocycles. The first-order chi connectivity index (χ1) is 4.27. The lowest BCUT2D eigenvalue weighted by Crippen LogP contribution is -2.52. The number of hydrogen-bond donors (Lipinski definition) is 2. The normalized spacial score (nSPS) is 36.6. The van der Waals surface area contributed by atoms with Crippen molar-refractivity contribution in [2.75, 3.05) is 26.3 Å². The molecule has 0 unspecified atom stereocenters. The Hall–Kier alpha value is -0.0551. The van der Waals surface area contributed by atoms with Crippen molar-refractivity contribution < 1.29 is 9.84 Å². The van der Waals surface area contributed by atoms with Crippen molar-refractivity contribution in [3.8, 4) is 0 Å². The van der Waals surface area contributed by atoms with Gasteiger partial charge in [-0.15, -0.1) is 0 Å². The highest BCUT2D eigenvalue weighted by Crippen LogP contribution is 2.05. The third kappa shape index (κ3) is 1.68. The number of morpholine rings is 1. The molecule has 0 bridgehead atoms. The van der Waals surface area contributed by atoms with Gasteiger partial charge in [-0.25, -0.2) is 0 Å². The van der Waals surface area contributed by atoms with Crippen LogP contribution in [0.4, 0.5) is 0 Å². The lowest BCUT2D eigenvalue weighted by atomic mass is 9.81. The summed E-state index contributed by atoms with van der Waals surface area (Å²) in [6.07, 6.45) is 0. The Morgan fingerprint density at radius 1 is 1.78 bits per heavy atom. The summed E-state index contributed by atoms with van der Waals surface area (Å²) in [4.78, 5) is 0. The van der Waals surface area contributed by atoms with E-state index in [9.17, 15) is 0 Å². The molecule has 3 nitrogen and oxygen atoms in total. The molecule has 0 aromatic carbocycles. The predicted molar refractivity (Wildman–Crippen MR) is 37.2 cm³/mol. The number of aliphatic hydroxyl groups is 1. The summed E-state index contributed by atoms with van der Waals surface area (Å²) in [5.74, 6) is 0. The Labute approximate surface area is 55.8 Å². The molecular formula is C5H12BNO2. The SMILES string of the molecule is B[C@]1(CO)CNCCO1. The molecule has 52 valence electrons. The summed E-state index contributed by atoms with van der Waals surface area (Å²) >= 11 is 0. The van der Waals surface area contributed by atoms with E-state index in [1.54, 1.807) is 0 Å². The van der Waals surface area contributed by atoms with Crippen LogP contribution in [0.1, 0.15) is 0 Å². The molecular weight excluding hydrogens is 117 g/mol. The van der Waals surface area contributed by atoms with Crippen molar-refractivity contribution in [2.24, 2.45) is 0 Å². The minimum atomic E-state index is -0.335. The van der Waals surface area contributed by atoms with Crippen LogP contribution >= 0.6 is 0 Å². The van der Waals surface area contributed by atoms with Crippen molar-refractivity contribution in [3.05, 3.63) is 0 Å². The van der Waals surface area contributed by atoms with Crippen LogP contribution in [-0.2, 0) is 4.74 Å². The fourth-order valence-electron chi connectivity index (χ4n) is 0.875. The molecule has 0 spiro atoms. The number of nitrogens with one attached hydrogen (secondary N) is 1. The number of ether oxygens (including phenoxy) is 1. The molecule has 1 rings (SSSR count). The third-order valence-electron chi connectivity index (χ3n) is 1.56. The number of hydrogen-bond acceptors (Lipinski definition) is 3.